The van der Waals surface area contributed by atoms with E-state index in [4.69, 9.17) is 4.42 Å². The predicted octanol–water partition coefficient (Wildman–Crippen LogP) is 2.93. The predicted molar refractivity (Wildman–Crippen MR) is 95.6 cm³/mol. The standard InChI is InChI=1S/C14H9BrN4O2S2/c15-8-1-2-11-7(3-8)4-9(13(20)21-11)10-6-23-14-17-16-12(5-22)19(14)18-10/h1-4,22H,5-6H2. The Labute approximate surface area is 148 Å². The number of fused-ring (bicyclic) bond motifs is 2. The highest BCUT2D eigenvalue weighted by Crippen LogP contribution is 2.25. The second kappa shape index (κ2) is 5.81. The molecule has 0 N–H and O–H groups in total. The molecule has 3 heterocycles. The van der Waals surface area contributed by atoms with Crippen molar-refractivity contribution in [3.05, 3.63) is 50.5 Å². The molecule has 3 aromatic rings. The SMILES string of the molecule is O=c1oc2ccc(Br)cc2cc1C1=Nn2c(CS)nnc2SC1. The molecular formula is C14H9BrN4O2S2. The molecule has 2 aromatic heterocycles. The average Bonchev–Trinajstić information content (AvgIpc) is 2.96. The van der Waals surface area contributed by atoms with Crippen LogP contribution in [-0.4, -0.2) is 26.3 Å². The largest absolute Gasteiger partial charge is 0.422 e. The highest BCUT2D eigenvalue weighted by Gasteiger charge is 2.21. The van der Waals surface area contributed by atoms with Crippen LogP contribution in [0.3, 0.4) is 0 Å². The lowest BCUT2D eigenvalue weighted by atomic mass is 10.1. The molecule has 0 spiro atoms. The molecule has 4 rings (SSSR count). The summed E-state index contributed by atoms with van der Waals surface area (Å²) in [6.07, 6.45) is 0. The van der Waals surface area contributed by atoms with Crippen LogP contribution in [0.4, 0.5) is 0 Å². The number of nitrogens with zero attached hydrogens (tertiary/aromatic N) is 4. The van der Waals surface area contributed by atoms with Gasteiger partial charge in [0.15, 0.2) is 5.82 Å². The Kier molecular flexibility index (Phi) is 3.78. The summed E-state index contributed by atoms with van der Waals surface area (Å²) in [5.74, 6) is 1.60. The Morgan fingerprint density at radius 2 is 2.22 bits per heavy atom. The normalized spacial score (nSPS) is 13.9. The van der Waals surface area contributed by atoms with Crippen LogP contribution in [0.5, 0.6) is 0 Å². The van der Waals surface area contributed by atoms with Gasteiger partial charge in [-0.3, -0.25) is 0 Å². The van der Waals surface area contributed by atoms with E-state index in [1.54, 1.807) is 16.8 Å². The summed E-state index contributed by atoms with van der Waals surface area (Å²) in [6, 6.07) is 7.31. The minimum absolute atomic E-state index is 0.400. The molecule has 0 fully saturated rings. The molecule has 116 valence electrons. The van der Waals surface area contributed by atoms with Crippen LogP contribution >= 0.6 is 40.3 Å². The molecule has 0 atom stereocenters. The molecule has 0 amide bonds. The van der Waals surface area contributed by atoms with Crippen LogP contribution in [0.15, 0.2) is 48.2 Å². The second-order valence-corrected chi connectivity index (χ2v) is 7.01. The highest BCUT2D eigenvalue weighted by molar-refractivity contribution is 9.10. The Morgan fingerprint density at radius 1 is 1.35 bits per heavy atom. The van der Waals surface area contributed by atoms with Crippen molar-refractivity contribution in [2.24, 2.45) is 5.10 Å². The van der Waals surface area contributed by atoms with Gasteiger partial charge in [-0.1, -0.05) is 27.7 Å². The first-order valence-electron chi connectivity index (χ1n) is 6.65. The third kappa shape index (κ3) is 2.62. The number of thioether (sulfide) groups is 1. The van der Waals surface area contributed by atoms with Crippen LogP contribution in [-0.2, 0) is 5.75 Å². The summed E-state index contributed by atoms with van der Waals surface area (Å²) < 4.78 is 7.95. The molecule has 1 aliphatic heterocycles. The van der Waals surface area contributed by atoms with Gasteiger partial charge in [0.05, 0.1) is 17.0 Å². The third-order valence-corrected chi connectivity index (χ3v) is 5.09. The number of hydrogen-bond acceptors (Lipinski definition) is 7. The monoisotopic (exact) mass is 408 g/mol. The van der Waals surface area contributed by atoms with Crippen LogP contribution < -0.4 is 5.63 Å². The van der Waals surface area contributed by atoms with Gasteiger partial charge in [-0.05, 0) is 24.3 Å². The smallest absolute Gasteiger partial charge is 0.345 e. The lowest BCUT2D eigenvalue weighted by molar-refractivity contribution is 0.559. The maximum Gasteiger partial charge on any atom is 0.345 e. The summed E-state index contributed by atoms with van der Waals surface area (Å²) in [6.45, 7) is 0. The molecule has 0 aliphatic carbocycles. The van der Waals surface area contributed by atoms with Crippen molar-refractivity contribution < 1.29 is 4.42 Å². The van der Waals surface area contributed by atoms with E-state index in [0.29, 0.717) is 39.3 Å². The maximum atomic E-state index is 12.3. The Morgan fingerprint density at radius 3 is 3.04 bits per heavy atom. The van der Waals surface area contributed by atoms with Crippen molar-refractivity contribution in [1.29, 1.82) is 0 Å². The third-order valence-electron chi connectivity index (χ3n) is 3.38. The molecule has 0 bridgehead atoms. The summed E-state index contributed by atoms with van der Waals surface area (Å²) in [4.78, 5) is 12.3. The fourth-order valence-corrected chi connectivity index (χ4v) is 3.72. The van der Waals surface area contributed by atoms with Crippen molar-refractivity contribution in [2.75, 3.05) is 5.75 Å². The minimum atomic E-state index is -0.400. The fraction of sp³-hybridized carbons (Fsp3) is 0.143. The highest BCUT2D eigenvalue weighted by atomic mass is 79.9. The van der Waals surface area contributed by atoms with Crippen molar-refractivity contribution in [1.82, 2.24) is 14.9 Å². The zero-order valence-corrected chi connectivity index (χ0v) is 14.9. The number of rotatable bonds is 2. The number of halogens is 1. The fourth-order valence-electron chi connectivity index (χ4n) is 2.29. The molecule has 1 aromatic carbocycles. The first-order chi connectivity index (χ1) is 11.2. The number of aromatic nitrogens is 3. The van der Waals surface area contributed by atoms with Gasteiger partial charge < -0.3 is 4.42 Å². The van der Waals surface area contributed by atoms with Crippen LogP contribution in [0.1, 0.15) is 11.4 Å². The molecular weight excluding hydrogens is 400 g/mol. The van der Waals surface area contributed by atoms with Crippen LogP contribution in [0, 0.1) is 0 Å². The number of benzene rings is 1. The topological polar surface area (TPSA) is 73.3 Å². The number of hydrogen-bond donors (Lipinski definition) is 1. The summed E-state index contributed by atoms with van der Waals surface area (Å²) >= 11 is 9.12. The molecule has 0 radical (unpaired) electrons. The summed E-state index contributed by atoms with van der Waals surface area (Å²) in [5, 5.41) is 14.1. The second-order valence-electron chi connectivity index (χ2n) is 4.83. The van der Waals surface area contributed by atoms with Crippen molar-refractivity contribution >= 4 is 57.0 Å². The van der Waals surface area contributed by atoms with Crippen molar-refractivity contribution in [3.63, 3.8) is 0 Å². The van der Waals surface area contributed by atoms with E-state index in [2.05, 4.69) is 43.9 Å². The molecule has 23 heavy (non-hydrogen) atoms. The van der Waals surface area contributed by atoms with Crippen LogP contribution in [0.2, 0.25) is 0 Å². The van der Waals surface area contributed by atoms with E-state index in [-0.39, 0.29) is 0 Å². The van der Waals surface area contributed by atoms with E-state index in [9.17, 15) is 4.79 Å². The summed E-state index contributed by atoms with van der Waals surface area (Å²) in [7, 11) is 0. The Bertz CT molecular complexity index is 1010. The molecule has 9 heteroatoms. The number of thiol groups is 1. The van der Waals surface area contributed by atoms with Gasteiger partial charge in [-0.2, -0.15) is 22.4 Å². The first-order valence-corrected chi connectivity index (χ1v) is 9.06. The van der Waals surface area contributed by atoms with E-state index in [1.165, 1.54) is 11.8 Å². The first kappa shape index (κ1) is 15.0. The molecule has 0 saturated heterocycles. The Hall–Kier alpha value is -1.58. The zero-order valence-electron chi connectivity index (χ0n) is 11.6. The average molecular weight is 409 g/mol. The van der Waals surface area contributed by atoms with Crippen LogP contribution in [0.25, 0.3) is 11.0 Å². The van der Waals surface area contributed by atoms with Gasteiger partial charge in [0.2, 0.25) is 5.16 Å². The summed E-state index contributed by atoms with van der Waals surface area (Å²) in [5.41, 5.74) is 1.24. The van der Waals surface area contributed by atoms with Gasteiger partial charge in [-0.25, -0.2) is 4.79 Å². The molecule has 6 nitrogen and oxygen atoms in total. The van der Waals surface area contributed by atoms with E-state index < -0.39 is 5.63 Å². The van der Waals surface area contributed by atoms with E-state index in [0.717, 1.165) is 9.86 Å². The van der Waals surface area contributed by atoms with Gasteiger partial charge >= 0.3 is 5.63 Å². The molecule has 0 unspecified atom stereocenters. The maximum absolute atomic E-state index is 12.3. The lowest BCUT2D eigenvalue weighted by Crippen LogP contribution is -2.21. The van der Waals surface area contributed by atoms with Gasteiger partial charge in [0.25, 0.3) is 0 Å². The van der Waals surface area contributed by atoms with E-state index in [1.807, 2.05) is 12.1 Å². The zero-order chi connectivity index (χ0) is 16.0. The van der Waals surface area contributed by atoms with E-state index >= 15 is 0 Å². The van der Waals surface area contributed by atoms with Gasteiger partial charge in [0, 0.05) is 15.6 Å². The quantitative estimate of drug-likeness (QED) is 0.521. The van der Waals surface area contributed by atoms with Crippen molar-refractivity contribution in [3.8, 4) is 0 Å². The molecule has 0 saturated carbocycles. The van der Waals surface area contributed by atoms with Crippen molar-refractivity contribution in [2.45, 2.75) is 10.9 Å². The minimum Gasteiger partial charge on any atom is -0.422 e. The van der Waals surface area contributed by atoms with Gasteiger partial charge in [0.1, 0.15) is 5.58 Å². The van der Waals surface area contributed by atoms with Gasteiger partial charge in [-0.15, -0.1) is 10.2 Å². The Balaban J connectivity index is 1.89. The molecule has 1 aliphatic rings. The lowest BCUT2D eigenvalue weighted by Gasteiger charge is -2.13.